The normalized spacial score (nSPS) is 17.8. The van der Waals surface area contributed by atoms with E-state index in [1.165, 1.54) is 0 Å². The molecule has 1 aliphatic heterocycles. The van der Waals surface area contributed by atoms with Crippen LogP contribution < -0.4 is 0 Å². The second kappa shape index (κ2) is 7.12. The van der Waals surface area contributed by atoms with Crippen molar-refractivity contribution in [3.8, 4) is 0 Å². The summed E-state index contributed by atoms with van der Waals surface area (Å²) < 4.78 is 2.08. The van der Waals surface area contributed by atoms with Gasteiger partial charge < -0.3 is 10.0 Å². The Bertz CT molecular complexity index is 857. The van der Waals surface area contributed by atoms with Crippen molar-refractivity contribution in [1.82, 2.24) is 19.5 Å². The average molecular weight is 357 g/mol. The summed E-state index contributed by atoms with van der Waals surface area (Å²) in [7, 11) is 0. The first-order chi connectivity index (χ1) is 12.2. The van der Waals surface area contributed by atoms with Gasteiger partial charge in [0.25, 0.3) is 0 Å². The second-order valence-corrected chi connectivity index (χ2v) is 7.07. The molecule has 1 aromatic carbocycles. The minimum absolute atomic E-state index is 0.414. The highest BCUT2D eigenvalue weighted by atomic mass is 35.5. The highest BCUT2D eigenvalue weighted by Crippen LogP contribution is 2.28. The van der Waals surface area contributed by atoms with Crippen LogP contribution in [-0.4, -0.2) is 44.2 Å². The largest absolute Gasteiger partial charge is 0.387 e. The molecule has 25 heavy (non-hydrogen) atoms. The Kier molecular flexibility index (Phi) is 4.70. The SMILES string of the molecule is OC(CN1CCC(c2nnc3ccccn23)CC1)c1cccc(Cl)c1. The molecule has 5 nitrogen and oxygen atoms in total. The fourth-order valence-corrected chi connectivity index (χ4v) is 3.77. The van der Waals surface area contributed by atoms with Gasteiger partial charge in [-0.3, -0.25) is 4.40 Å². The van der Waals surface area contributed by atoms with Crippen LogP contribution in [0.25, 0.3) is 5.65 Å². The number of piperidine rings is 1. The molecule has 1 aliphatic rings. The number of hydrogen-bond donors (Lipinski definition) is 1. The predicted octanol–water partition coefficient (Wildman–Crippen LogP) is 3.30. The molecule has 0 bridgehead atoms. The van der Waals surface area contributed by atoms with Gasteiger partial charge in [-0.1, -0.05) is 29.8 Å². The van der Waals surface area contributed by atoms with Crippen molar-refractivity contribution in [2.24, 2.45) is 0 Å². The number of fused-ring (bicyclic) bond motifs is 1. The van der Waals surface area contributed by atoms with Crippen LogP contribution in [0.4, 0.5) is 0 Å². The van der Waals surface area contributed by atoms with Crippen molar-refractivity contribution in [3.63, 3.8) is 0 Å². The predicted molar refractivity (Wildman–Crippen MR) is 97.8 cm³/mol. The molecule has 130 valence electrons. The van der Waals surface area contributed by atoms with Crippen molar-refractivity contribution in [1.29, 1.82) is 0 Å². The second-order valence-electron chi connectivity index (χ2n) is 6.63. The molecular formula is C19H21ClN4O. The zero-order valence-corrected chi connectivity index (χ0v) is 14.7. The van der Waals surface area contributed by atoms with Gasteiger partial charge >= 0.3 is 0 Å². The molecule has 0 amide bonds. The molecule has 4 rings (SSSR count). The quantitative estimate of drug-likeness (QED) is 0.779. The van der Waals surface area contributed by atoms with Gasteiger partial charge in [-0.2, -0.15) is 0 Å². The number of likely N-dealkylation sites (tertiary alicyclic amines) is 1. The molecule has 0 aliphatic carbocycles. The fraction of sp³-hybridized carbons (Fsp3) is 0.368. The van der Waals surface area contributed by atoms with Gasteiger partial charge in [0, 0.05) is 23.7 Å². The molecule has 3 heterocycles. The van der Waals surface area contributed by atoms with Crippen LogP contribution in [0, 0.1) is 0 Å². The van der Waals surface area contributed by atoms with Crippen molar-refractivity contribution >= 4 is 17.2 Å². The van der Waals surface area contributed by atoms with Crippen LogP contribution in [0.15, 0.2) is 48.7 Å². The van der Waals surface area contributed by atoms with Crippen molar-refractivity contribution in [3.05, 3.63) is 65.1 Å². The number of benzene rings is 1. The van der Waals surface area contributed by atoms with E-state index in [0.717, 1.165) is 43.0 Å². The van der Waals surface area contributed by atoms with Crippen molar-refractivity contribution < 1.29 is 5.11 Å². The molecule has 1 N–H and O–H groups in total. The Hall–Kier alpha value is -1.95. The number of halogens is 1. The van der Waals surface area contributed by atoms with E-state index in [0.29, 0.717) is 17.5 Å². The van der Waals surface area contributed by atoms with Gasteiger partial charge in [-0.05, 0) is 55.8 Å². The highest BCUT2D eigenvalue weighted by molar-refractivity contribution is 6.30. The van der Waals surface area contributed by atoms with Gasteiger partial charge in [-0.15, -0.1) is 10.2 Å². The Balaban J connectivity index is 1.38. The number of aliphatic hydroxyl groups excluding tert-OH is 1. The summed E-state index contributed by atoms with van der Waals surface area (Å²) >= 11 is 6.02. The maximum absolute atomic E-state index is 10.5. The van der Waals surface area contributed by atoms with Crippen molar-refractivity contribution in [2.45, 2.75) is 24.9 Å². The van der Waals surface area contributed by atoms with Gasteiger partial charge in [0.15, 0.2) is 5.65 Å². The van der Waals surface area contributed by atoms with Crippen LogP contribution in [0.5, 0.6) is 0 Å². The first kappa shape index (κ1) is 16.5. The number of nitrogens with zero attached hydrogens (tertiary/aromatic N) is 4. The van der Waals surface area contributed by atoms with Crippen LogP contribution in [0.3, 0.4) is 0 Å². The number of pyridine rings is 1. The summed E-state index contributed by atoms with van der Waals surface area (Å²) in [5.74, 6) is 1.46. The van der Waals surface area contributed by atoms with E-state index in [-0.39, 0.29) is 0 Å². The number of hydrogen-bond acceptors (Lipinski definition) is 4. The first-order valence-corrected chi connectivity index (χ1v) is 9.04. The smallest absolute Gasteiger partial charge is 0.160 e. The molecule has 3 aromatic rings. The molecule has 1 saturated heterocycles. The number of aromatic nitrogens is 3. The fourth-order valence-electron chi connectivity index (χ4n) is 3.58. The summed E-state index contributed by atoms with van der Waals surface area (Å²) in [6.45, 7) is 2.53. The molecule has 0 saturated carbocycles. The lowest BCUT2D eigenvalue weighted by Gasteiger charge is -2.32. The average Bonchev–Trinajstić information content (AvgIpc) is 3.06. The van der Waals surface area contributed by atoms with Crippen LogP contribution in [0.1, 0.15) is 36.3 Å². The van der Waals surface area contributed by atoms with Gasteiger partial charge in [0.05, 0.1) is 6.10 Å². The van der Waals surface area contributed by atoms with Gasteiger partial charge in [-0.25, -0.2) is 0 Å². The lowest BCUT2D eigenvalue weighted by atomic mass is 9.95. The van der Waals surface area contributed by atoms with E-state index >= 15 is 0 Å². The molecule has 1 fully saturated rings. The molecular weight excluding hydrogens is 336 g/mol. The standard InChI is InChI=1S/C19H21ClN4O/c20-16-5-3-4-15(12-16)17(25)13-23-10-7-14(8-11-23)19-22-21-18-6-1-2-9-24(18)19/h1-6,9,12,14,17,25H,7-8,10-11,13H2. The third-order valence-corrected chi connectivity index (χ3v) is 5.19. The zero-order chi connectivity index (χ0) is 17.2. The minimum atomic E-state index is -0.510. The molecule has 1 atom stereocenters. The van der Waals surface area contributed by atoms with E-state index in [2.05, 4.69) is 19.5 Å². The first-order valence-electron chi connectivity index (χ1n) is 8.66. The van der Waals surface area contributed by atoms with E-state index in [4.69, 9.17) is 11.6 Å². The van der Waals surface area contributed by atoms with Crippen molar-refractivity contribution in [2.75, 3.05) is 19.6 Å². The van der Waals surface area contributed by atoms with Crippen LogP contribution in [0.2, 0.25) is 5.02 Å². The lowest BCUT2D eigenvalue weighted by Crippen LogP contribution is -2.36. The monoisotopic (exact) mass is 356 g/mol. The van der Waals surface area contributed by atoms with E-state index in [1.54, 1.807) is 0 Å². The van der Waals surface area contributed by atoms with Gasteiger partial charge in [0.1, 0.15) is 5.82 Å². The summed E-state index contributed by atoms with van der Waals surface area (Å²) in [5.41, 5.74) is 1.77. The Morgan fingerprint density at radius 1 is 1.12 bits per heavy atom. The lowest BCUT2D eigenvalue weighted by molar-refractivity contribution is 0.0965. The van der Waals surface area contributed by atoms with E-state index in [1.807, 2.05) is 48.7 Å². The number of aliphatic hydroxyl groups is 1. The van der Waals surface area contributed by atoms with E-state index in [9.17, 15) is 5.11 Å². The topological polar surface area (TPSA) is 53.7 Å². The minimum Gasteiger partial charge on any atom is -0.387 e. The van der Waals surface area contributed by atoms with Gasteiger partial charge in [0.2, 0.25) is 0 Å². The molecule has 6 heteroatoms. The molecule has 0 spiro atoms. The summed E-state index contributed by atoms with van der Waals surface area (Å²) in [6.07, 6.45) is 3.57. The molecule has 1 unspecified atom stereocenters. The number of β-amino-alcohol motifs (C(OH)–C–C–N with tert-alkyl or cyclic N) is 1. The Morgan fingerprint density at radius 3 is 2.76 bits per heavy atom. The third-order valence-electron chi connectivity index (χ3n) is 4.96. The Morgan fingerprint density at radius 2 is 1.96 bits per heavy atom. The zero-order valence-electron chi connectivity index (χ0n) is 13.9. The summed E-state index contributed by atoms with van der Waals surface area (Å²) in [5, 5.41) is 19.8. The van der Waals surface area contributed by atoms with E-state index < -0.39 is 6.10 Å². The summed E-state index contributed by atoms with van der Waals surface area (Å²) in [4.78, 5) is 2.31. The molecule has 2 aromatic heterocycles. The van der Waals surface area contributed by atoms with Crippen LogP contribution in [-0.2, 0) is 0 Å². The number of rotatable bonds is 4. The maximum atomic E-state index is 10.5. The molecule has 0 radical (unpaired) electrons. The Labute approximate surface area is 151 Å². The third kappa shape index (κ3) is 3.54. The van der Waals surface area contributed by atoms with Crippen LogP contribution >= 0.6 is 11.6 Å². The highest BCUT2D eigenvalue weighted by Gasteiger charge is 2.25. The maximum Gasteiger partial charge on any atom is 0.160 e. The summed E-state index contributed by atoms with van der Waals surface area (Å²) in [6, 6.07) is 13.4.